The maximum Gasteiger partial charge on any atom is 0.268 e. The first-order valence-corrected chi connectivity index (χ1v) is 13.5. The van der Waals surface area contributed by atoms with Gasteiger partial charge in [0.05, 0.1) is 34.0 Å². The second kappa shape index (κ2) is 19.1. The fraction of sp³-hybridized carbons (Fsp3) is 0.913. The highest BCUT2D eigenvalue weighted by Gasteiger charge is 2.15. The number of nitrogens with zero attached hydrogens (tertiary/aromatic N) is 1. The number of quaternary nitrogens is 1. The van der Waals surface area contributed by atoms with E-state index in [1.54, 1.807) is 6.26 Å². The third-order valence-electron chi connectivity index (χ3n) is 4.89. The molecule has 0 aliphatic carbocycles. The van der Waals surface area contributed by atoms with Crippen molar-refractivity contribution in [3.8, 4) is 0 Å². The lowest BCUT2D eigenvalue weighted by Crippen LogP contribution is -2.37. The Labute approximate surface area is 191 Å². The van der Waals surface area contributed by atoms with Gasteiger partial charge >= 0.3 is 0 Å². The van der Waals surface area contributed by atoms with Gasteiger partial charge in [0.25, 0.3) is 7.82 Å². The van der Waals surface area contributed by atoms with Crippen LogP contribution in [0.2, 0.25) is 0 Å². The summed E-state index contributed by atoms with van der Waals surface area (Å²) in [7, 11) is 1.41. The molecule has 0 aliphatic heterocycles. The number of phosphoric ester groups is 1. The van der Waals surface area contributed by atoms with Crippen molar-refractivity contribution in [1.29, 1.82) is 0 Å². The van der Waals surface area contributed by atoms with Gasteiger partial charge in [0.15, 0.2) is 0 Å². The van der Waals surface area contributed by atoms with Crippen LogP contribution in [-0.2, 0) is 18.3 Å². The van der Waals surface area contributed by atoms with Crippen LogP contribution in [0.15, 0.2) is 12.3 Å². The predicted octanol–water partition coefficient (Wildman–Crippen LogP) is 4.79. The molecule has 1 unspecified atom stereocenters. The normalized spacial score (nSPS) is 15.3. The van der Waals surface area contributed by atoms with E-state index in [9.17, 15) is 14.6 Å². The summed E-state index contributed by atoms with van der Waals surface area (Å²) in [4.78, 5) is 11.6. The van der Waals surface area contributed by atoms with Crippen molar-refractivity contribution in [3.63, 3.8) is 0 Å². The van der Waals surface area contributed by atoms with Crippen molar-refractivity contribution in [3.05, 3.63) is 12.3 Å². The Morgan fingerprint density at radius 2 is 1.45 bits per heavy atom. The van der Waals surface area contributed by atoms with E-state index in [1.807, 2.05) is 27.2 Å². The molecule has 0 aromatic rings. The molecule has 0 spiro atoms. The van der Waals surface area contributed by atoms with Crippen LogP contribution >= 0.6 is 7.82 Å². The van der Waals surface area contributed by atoms with Crippen LogP contribution in [-0.4, -0.2) is 63.2 Å². The van der Waals surface area contributed by atoms with E-state index in [0.717, 1.165) is 12.8 Å². The topological polar surface area (TPSA) is 88.0 Å². The zero-order valence-electron chi connectivity index (χ0n) is 20.4. The first kappa shape index (κ1) is 30.6. The Morgan fingerprint density at radius 3 is 2.00 bits per heavy atom. The molecule has 0 bridgehead atoms. The lowest BCUT2D eigenvalue weighted by molar-refractivity contribution is -0.870. The molecule has 31 heavy (non-hydrogen) atoms. The molecule has 2 atom stereocenters. The van der Waals surface area contributed by atoms with Gasteiger partial charge in [0, 0.05) is 0 Å². The quantitative estimate of drug-likeness (QED) is 0.107. The largest absolute Gasteiger partial charge is 0.756 e. The van der Waals surface area contributed by atoms with Crippen molar-refractivity contribution < 1.29 is 32.8 Å². The number of hydrogen-bond acceptors (Lipinski definition) is 6. The summed E-state index contributed by atoms with van der Waals surface area (Å²) in [6, 6.07) is 0. The molecule has 1 N–H and O–H groups in total. The fourth-order valence-corrected chi connectivity index (χ4v) is 3.65. The molecule has 7 nitrogen and oxygen atoms in total. The second-order valence-corrected chi connectivity index (χ2v) is 10.7. The number of likely N-dealkylation sites (N-methyl/N-ethyl adjacent to an activating group) is 1. The molecule has 0 saturated carbocycles. The number of phosphoric acid groups is 1. The van der Waals surface area contributed by atoms with Crippen LogP contribution < -0.4 is 4.89 Å². The molecule has 0 fully saturated rings. The van der Waals surface area contributed by atoms with Crippen LogP contribution in [0.5, 0.6) is 0 Å². The lowest BCUT2D eigenvalue weighted by atomic mass is 10.1. The summed E-state index contributed by atoms with van der Waals surface area (Å²) >= 11 is 0. The number of aliphatic hydroxyl groups is 1. The fourth-order valence-electron chi connectivity index (χ4n) is 2.92. The third-order valence-corrected chi connectivity index (χ3v) is 5.86. The van der Waals surface area contributed by atoms with E-state index in [1.165, 1.54) is 64.2 Å². The van der Waals surface area contributed by atoms with Gasteiger partial charge in [-0.3, -0.25) is 4.57 Å². The maximum atomic E-state index is 11.6. The minimum atomic E-state index is -4.40. The van der Waals surface area contributed by atoms with Crippen LogP contribution in [0.1, 0.15) is 84.0 Å². The highest BCUT2D eigenvalue weighted by molar-refractivity contribution is 7.45. The molecular formula is C23H48NO6P. The van der Waals surface area contributed by atoms with Crippen LogP contribution in [0.25, 0.3) is 0 Å². The van der Waals surface area contributed by atoms with E-state index in [0.29, 0.717) is 11.0 Å². The summed E-state index contributed by atoms with van der Waals surface area (Å²) in [6.45, 7) is 2.43. The third kappa shape index (κ3) is 24.1. The van der Waals surface area contributed by atoms with Crippen LogP contribution in [0.4, 0.5) is 0 Å². The lowest BCUT2D eigenvalue weighted by Gasteiger charge is -2.27. The van der Waals surface area contributed by atoms with E-state index in [-0.39, 0.29) is 19.8 Å². The van der Waals surface area contributed by atoms with Crippen molar-refractivity contribution in [2.24, 2.45) is 0 Å². The van der Waals surface area contributed by atoms with Gasteiger partial charge in [-0.2, -0.15) is 0 Å². The SMILES string of the molecule is CCCCCCCCCCCCC/C=C\OC[C@@H](O)COP(=O)([O-])OCC[N+](C)(C)C. The monoisotopic (exact) mass is 465 g/mol. The molecule has 0 saturated heterocycles. The molecule has 0 aliphatic rings. The molecule has 0 amide bonds. The Hall–Kier alpha value is -0.430. The summed E-state index contributed by atoms with van der Waals surface area (Å²) < 4.78 is 27.0. The summed E-state index contributed by atoms with van der Waals surface area (Å²) in [5, 5.41) is 9.77. The highest BCUT2D eigenvalue weighted by atomic mass is 31.2. The van der Waals surface area contributed by atoms with Gasteiger partial charge in [0.2, 0.25) is 0 Å². The molecule has 0 aromatic heterocycles. The van der Waals surface area contributed by atoms with Crippen molar-refractivity contribution in [2.45, 2.75) is 90.1 Å². The first-order valence-electron chi connectivity index (χ1n) is 12.0. The average molecular weight is 466 g/mol. The number of ether oxygens (including phenoxy) is 1. The zero-order valence-corrected chi connectivity index (χ0v) is 21.3. The Morgan fingerprint density at radius 1 is 0.903 bits per heavy atom. The smallest absolute Gasteiger partial charge is 0.268 e. The van der Waals surface area contributed by atoms with E-state index in [2.05, 4.69) is 6.92 Å². The first-order chi connectivity index (χ1) is 14.7. The van der Waals surface area contributed by atoms with Gasteiger partial charge in [-0.1, -0.05) is 71.1 Å². The van der Waals surface area contributed by atoms with Gasteiger partial charge in [-0.15, -0.1) is 0 Å². The number of aliphatic hydroxyl groups excluding tert-OH is 1. The molecular weight excluding hydrogens is 417 g/mol. The van der Waals surface area contributed by atoms with Crippen molar-refractivity contribution >= 4 is 7.82 Å². The van der Waals surface area contributed by atoms with Crippen LogP contribution in [0.3, 0.4) is 0 Å². The second-order valence-electron chi connectivity index (χ2n) is 9.27. The van der Waals surface area contributed by atoms with Gasteiger partial charge in [-0.05, 0) is 18.9 Å². The number of hydrogen-bond donors (Lipinski definition) is 1. The zero-order chi connectivity index (χ0) is 23.4. The number of allylic oxidation sites excluding steroid dienone is 1. The van der Waals surface area contributed by atoms with E-state index in [4.69, 9.17) is 13.8 Å². The molecule has 186 valence electrons. The summed E-state index contributed by atoms with van der Waals surface area (Å²) in [5.41, 5.74) is 0. The van der Waals surface area contributed by atoms with E-state index >= 15 is 0 Å². The van der Waals surface area contributed by atoms with E-state index < -0.39 is 13.9 Å². The maximum absolute atomic E-state index is 11.6. The molecule has 8 heteroatoms. The van der Waals surface area contributed by atoms with Gasteiger partial charge in [-0.25, -0.2) is 0 Å². The molecule has 0 heterocycles. The average Bonchev–Trinajstić information content (AvgIpc) is 2.68. The van der Waals surface area contributed by atoms with Crippen LogP contribution in [0, 0.1) is 0 Å². The summed E-state index contributed by atoms with van der Waals surface area (Å²) in [6.07, 6.45) is 17.9. The minimum absolute atomic E-state index is 0.0202. The molecule has 0 aromatic carbocycles. The number of unbranched alkanes of at least 4 members (excludes halogenated alkanes) is 11. The Bertz CT molecular complexity index is 481. The minimum Gasteiger partial charge on any atom is -0.756 e. The van der Waals surface area contributed by atoms with Gasteiger partial charge in [0.1, 0.15) is 25.9 Å². The summed E-state index contributed by atoms with van der Waals surface area (Å²) in [5.74, 6) is 0. The highest BCUT2D eigenvalue weighted by Crippen LogP contribution is 2.38. The molecule has 0 radical (unpaired) electrons. The molecule has 0 rings (SSSR count). The van der Waals surface area contributed by atoms with Crippen molar-refractivity contribution in [2.75, 3.05) is 47.5 Å². The van der Waals surface area contributed by atoms with Gasteiger partial charge < -0.3 is 28.3 Å². The predicted molar refractivity (Wildman–Crippen MR) is 125 cm³/mol. The standard InChI is InChI=1S/C23H48NO6P/c1-5-6-7-8-9-10-11-12-13-14-15-16-17-19-28-21-23(25)22-30-31(26,27)29-20-18-24(2,3)4/h17,19,23,25H,5-16,18,20-22H2,1-4H3/b19-17-/t23-/m1/s1. The Kier molecular flexibility index (Phi) is 18.8. The van der Waals surface area contributed by atoms with Crippen molar-refractivity contribution in [1.82, 2.24) is 0 Å². The Balaban J connectivity index is 3.53. The number of rotatable bonds is 22.